The highest BCUT2D eigenvalue weighted by atomic mass is 32.2. The highest BCUT2D eigenvalue weighted by Crippen LogP contribution is 2.21. The van der Waals surface area contributed by atoms with Crippen molar-refractivity contribution in [2.75, 3.05) is 12.9 Å². The molecular weight excluding hydrogens is 233 g/mol. The van der Waals surface area contributed by atoms with Crippen molar-refractivity contribution < 1.29 is 17.9 Å². The van der Waals surface area contributed by atoms with Gasteiger partial charge < -0.3 is 10.8 Å². The molecule has 0 radical (unpaired) electrons. The second-order valence-corrected chi connectivity index (χ2v) is 5.86. The molecule has 0 saturated carbocycles. The van der Waals surface area contributed by atoms with Gasteiger partial charge in [-0.2, -0.15) is 0 Å². The zero-order chi connectivity index (χ0) is 12.3. The third-order valence-corrected chi connectivity index (χ3v) is 3.94. The molecule has 16 heavy (non-hydrogen) atoms. The second kappa shape index (κ2) is 4.90. The standard InChI is InChI=1S/C10H14FNO3S/c1-16(14,15)9(6-13)10(12)7-4-2-3-5-8(7)11/h2-5,9-10,13H,6,12H2,1H3/t9-,10+/m0/s1. The number of halogens is 1. The fraction of sp³-hybridized carbons (Fsp3) is 0.400. The van der Waals surface area contributed by atoms with E-state index in [1.807, 2.05) is 0 Å². The van der Waals surface area contributed by atoms with Gasteiger partial charge in [-0.1, -0.05) is 18.2 Å². The smallest absolute Gasteiger partial charge is 0.154 e. The quantitative estimate of drug-likeness (QED) is 0.798. The Balaban J connectivity index is 3.10. The van der Waals surface area contributed by atoms with Crippen LogP contribution in [0.5, 0.6) is 0 Å². The van der Waals surface area contributed by atoms with E-state index in [1.54, 1.807) is 6.07 Å². The monoisotopic (exact) mass is 247 g/mol. The SMILES string of the molecule is CS(=O)(=O)[C@@H](CO)[C@H](N)c1ccccc1F. The maximum absolute atomic E-state index is 13.4. The van der Waals surface area contributed by atoms with Crippen molar-refractivity contribution in [3.63, 3.8) is 0 Å². The van der Waals surface area contributed by atoms with Crippen molar-refractivity contribution in [3.8, 4) is 0 Å². The van der Waals surface area contributed by atoms with Crippen molar-refractivity contribution in [3.05, 3.63) is 35.6 Å². The highest BCUT2D eigenvalue weighted by Gasteiger charge is 2.29. The number of benzene rings is 1. The number of hydrogen-bond acceptors (Lipinski definition) is 4. The van der Waals surface area contributed by atoms with Crippen LogP contribution in [0, 0.1) is 5.82 Å². The van der Waals surface area contributed by atoms with E-state index in [0.29, 0.717) is 0 Å². The normalized spacial score (nSPS) is 15.8. The molecule has 0 aliphatic carbocycles. The summed E-state index contributed by atoms with van der Waals surface area (Å²) in [5.74, 6) is -0.572. The molecule has 0 unspecified atom stereocenters. The molecule has 1 aromatic rings. The number of aliphatic hydroxyl groups excluding tert-OH is 1. The summed E-state index contributed by atoms with van der Waals surface area (Å²) in [6, 6.07) is 4.59. The van der Waals surface area contributed by atoms with Gasteiger partial charge in [0.05, 0.1) is 12.6 Å². The molecule has 1 rings (SSSR count). The lowest BCUT2D eigenvalue weighted by atomic mass is 10.0. The van der Waals surface area contributed by atoms with E-state index >= 15 is 0 Å². The molecule has 3 N–H and O–H groups in total. The Bertz CT molecular complexity index is 461. The Morgan fingerprint density at radius 2 is 2.00 bits per heavy atom. The molecule has 0 aliphatic heterocycles. The van der Waals surface area contributed by atoms with Gasteiger partial charge >= 0.3 is 0 Å². The maximum atomic E-state index is 13.4. The van der Waals surface area contributed by atoms with Gasteiger partial charge in [0.1, 0.15) is 11.1 Å². The van der Waals surface area contributed by atoms with E-state index in [0.717, 1.165) is 6.26 Å². The third-order valence-electron chi connectivity index (χ3n) is 2.39. The molecule has 6 heteroatoms. The topological polar surface area (TPSA) is 80.4 Å². The first-order valence-electron chi connectivity index (χ1n) is 4.67. The lowest BCUT2D eigenvalue weighted by Crippen LogP contribution is -2.36. The molecule has 2 atom stereocenters. The molecule has 0 aromatic heterocycles. The first kappa shape index (κ1) is 13.1. The summed E-state index contributed by atoms with van der Waals surface area (Å²) in [6.45, 7) is -0.631. The molecule has 0 aliphatic rings. The molecule has 0 fully saturated rings. The van der Waals surface area contributed by atoms with Gasteiger partial charge in [-0.15, -0.1) is 0 Å². The van der Waals surface area contributed by atoms with Gasteiger partial charge in [-0.3, -0.25) is 0 Å². The number of hydrogen-bond donors (Lipinski definition) is 2. The summed E-state index contributed by atoms with van der Waals surface area (Å²) in [6.07, 6.45) is 0.967. The summed E-state index contributed by atoms with van der Waals surface area (Å²) < 4.78 is 36.0. The summed E-state index contributed by atoms with van der Waals surface area (Å²) in [4.78, 5) is 0. The van der Waals surface area contributed by atoms with E-state index in [2.05, 4.69) is 0 Å². The van der Waals surface area contributed by atoms with Crippen molar-refractivity contribution >= 4 is 9.84 Å². The van der Waals surface area contributed by atoms with E-state index in [-0.39, 0.29) is 5.56 Å². The lowest BCUT2D eigenvalue weighted by Gasteiger charge is -2.20. The Morgan fingerprint density at radius 3 is 2.44 bits per heavy atom. The molecule has 0 amide bonds. The van der Waals surface area contributed by atoms with Gasteiger partial charge in [0.15, 0.2) is 9.84 Å². The van der Waals surface area contributed by atoms with E-state index in [4.69, 9.17) is 10.8 Å². The van der Waals surface area contributed by atoms with Gasteiger partial charge in [0.2, 0.25) is 0 Å². The van der Waals surface area contributed by atoms with E-state index in [9.17, 15) is 12.8 Å². The largest absolute Gasteiger partial charge is 0.395 e. The summed E-state index contributed by atoms with van der Waals surface area (Å²) in [7, 11) is -3.52. The van der Waals surface area contributed by atoms with Gasteiger partial charge in [0.25, 0.3) is 0 Å². The van der Waals surface area contributed by atoms with Crippen LogP contribution in [0.1, 0.15) is 11.6 Å². The Hall–Kier alpha value is -0.980. The molecule has 1 aromatic carbocycles. The Morgan fingerprint density at radius 1 is 1.44 bits per heavy atom. The summed E-state index contributed by atoms with van der Waals surface area (Å²) in [5, 5.41) is 7.81. The molecule has 0 heterocycles. The number of nitrogens with two attached hydrogens (primary N) is 1. The van der Waals surface area contributed by atoms with Crippen LogP contribution in [0.2, 0.25) is 0 Å². The fourth-order valence-electron chi connectivity index (χ4n) is 1.46. The first-order chi connectivity index (χ1) is 7.38. The lowest BCUT2D eigenvalue weighted by molar-refractivity contribution is 0.277. The first-order valence-corrected chi connectivity index (χ1v) is 6.63. The van der Waals surface area contributed by atoms with Crippen molar-refractivity contribution in [1.82, 2.24) is 0 Å². The predicted octanol–water partition coefficient (Wildman–Crippen LogP) is 0.231. The maximum Gasteiger partial charge on any atom is 0.154 e. The van der Waals surface area contributed by atoms with Crippen molar-refractivity contribution in [2.24, 2.45) is 5.73 Å². The van der Waals surface area contributed by atoms with Crippen LogP contribution in [0.3, 0.4) is 0 Å². The minimum Gasteiger partial charge on any atom is -0.395 e. The number of aliphatic hydroxyl groups is 1. The molecule has 0 bridgehead atoms. The number of rotatable bonds is 4. The van der Waals surface area contributed by atoms with Crippen LogP contribution in [0.25, 0.3) is 0 Å². The van der Waals surface area contributed by atoms with Crippen LogP contribution in [0.4, 0.5) is 4.39 Å². The molecule has 0 spiro atoms. The Kier molecular flexibility index (Phi) is 4.01. The van der Waals surface area contributed by atoms with Gasteiger partial charge in [0, 0.05) is 11.8 Å². The Labute approximate surface area is 93.8 Å². The number of sulfone groups is 1. The van der Waals surface area contributed by atoms with Crippen LogP contribution >= 0.6 is 0 Å². The summed E-state index contributed by atoms with van der Waals surface area (Å²) in [5.41, 5.74) is 5.75. The molecule has 4 nitrogen and oxygen atoms in total. The van der Waals surface area contributed by atoms with E-state index < -0.39 is 33.6 Å². The molecule has 90 valence electrons. The highest BCUT2D eigenvalue weighted by molar-refractivity contribution is 7.91. The minimum atomic E-state index is -3.52. The average Bonchev–Trinajstić information content (AvgIpc) is 2.17. The fourth-order valence-corrected chi connectivity index (χ4v) is 2.41. The van der Waals surface area contributed by atoms with Crippen LogP contribution in [0.15, 0.2) is 24.3 Å². The molecule has 0 saturated heterocycles. The minimum absolute atomic E-state index is 0.0898. The van der Waals surface area contributed by atoms with Crippen LogP contribution < -0.4 is 5.73 Å². The van der Waals surface area contributed by atoms with Gasteiger partial charge in [-0.05, 0) is 6.07 Å². The summed E-state index contributed by atoms with van der Waals surface area (Å²) >= 11 is 0. The van der Waals surface area contributed by atoms with Crippen molar-refractivity contribution in [2.45, 2.75) is 11.3 Å². The van der Waals surface area contributed by atoms with Crippen LogP contribution in [-0.2, 0) is 9.84 Å². The van der Waals surface area contributed by atoms with E-state index in [1.165, 1.54) is 18.2 Å². The third kappa shape index (κ3) is 2.78. The zero-order valence-corrected chi connectivity index (χ0v) is 9.61. The second-order valence-electron chi connectivity index (χ2n) is 3.60. The zero-order valence-electron chi connectivity index (χ0n) is 8.80. The van der Waals surface area contributed by atoms with Crippen LogP contribution in [-0.4, -0.2) is 31.6 Å². The molecular formula is C10H14FNO3S. The van der Waals surface area contributed by atoms with Gasteiger partial charge in [-0.25, -0.2) is 12.8 Å². The van der Waals surface area contributed by atoms with Crippen molar-refractivity contribution in [1.29, 1.82) is 0 Å². The predicted molar refractivity (Wildman–Crippen MR) is 59.0 cm³/mol. The average molecular weight is 247 g/mol.